The van der Waals surface area contributed by atoms with E-state index in [1.165, 1.54) is 24.0 Å². The van der Waals surface area contributed by atoms with Crippen LogP contribution in [0.2, 0.25) is 0 Å². The number of aliphatic hydroxyl groups is 1. The fourth-order valence-electron chi connectivity index (χ4n) is 3.24. The molecule has 0 radical (unpaired) electrons. The van der Waals surface area contributed by atoms with Crippen LogP contribution < -0.4 is 5.32 Å². The minimum Gasteiger partial charge on any atom is -0.388 e. The predicted octanol–water partition coefficient (Wildman–Crippen LogP) is 1.74. The largest absolute Gasteiger partial charge is 0.388 e. The Balaban J connectivity index is 2.06. The normalized spacial score (nSPS) is 27.9. The van der Waals surface area contributed by atoms with Gasteiger partial charge in [-0.1, -0.05) is 24.3 Å². The lowest BCUT2D eigenvalue weighted by Gasteiger charge is -2.34. The molecule has 1 aliphatic carbocycles. The lowest BCUT2D eigenvalue weighted by Crippen LogP contribution is -2.38. The first-order chi connectivity index (χ1) is 7.32. The van der Waals surface area contributed by atoms with Crippen molar-refractivity contribution in [3.63, 3.8) is 0 Å². The van der Waals surface area contributed by atoms with Crippen LogP contribution >= 0.6 is 0 Å². The molecule has 1 aliphatic heterocycles. The average Bonchev–Trinajstić information content (AvgIpc) is 2.55. The van der Waals surface area contributed by atoms with E-state index in [1.54, 1.807) is 0 Å². The van der Waals surface area contributed by atoms with E-state index in [2.05, 4.69) is 23.5 Å². The molecule has 0 saturated carbocycles. The van der Waals surface area contributed by atoms with Crippen LogP contribution in [-0.4, -0.2) is 18.2 Å². The molecular weight excluding hydrogens is 186 g/mol. The summed E-state index contributed by atoms with van der Waals surface area (Å²) >= 11 is 0. The van der Waals surface area contributed by atoms with Crippen LogP contribution in [0.1, 0.15) is 36.5 Å². The highest BCUT2D eigenvalue weighted by Gasteiger charge is 2.43. The van der Waals surface area contributed by atoms with Crippen molar-refractivity contribution in [1.82, 2.24) is 5.32 Å². The Labute approximate surface area is 90.3 Å². The molecule has 0 amide bonds. The first kappa shape index (κ1) is 9.37. The zero-order valence-electron chi connectivity index (χ0n) is 8.87. The van der Waals surface area contributed by atoms with Gasteiger partial charge in [-0.05, 0) is 43.5 Å². The molecule has 3 rings (SSSR count). The molecule has 1 aromatic rings. The molecule has 1 aromatic carbocycles. The second-order valence-electron chi connectivity index (χ2n) is 4.84. The molecular formula is C13H17NO. The fraction of sp³-hybridized carbons (Fsp3) is 0.538. The van der Waals surface area contributed by atoms with Crippen molar-refractivity contribution in [1.29, 1.82) is 0 Å². The molecule has 2 heteroatoms. The number of hydrogen-bond acceptors (Lipinski definition) is 2. The topological polar surface area (TPSA) is 32.3 Å². The summed E-state index contributed by atoms with van der Waals surface area (Å²) in [5.74, 6) is 0. The third kappa shape index (κ3) is 1.32. The zero-order chi connectivity index (χ0) is 10.3. The summed E-state index contributed by atoms with van der Waals surface area (Å²) in [7, 11) is 0. The third-order valence-electron chi connectivity index (χ3n) is 4.04. The Hall–Kier alpha value is -0.860. The van der Waals surface area contributed by atoms with Gasteiger partial charge >= 0.3 is 0 Å². The SMILES string of the molecule is O[C@H]1CC2(CCNCC2)c2ccccc21. The predicted molar refractivity (Wildman–Crippen MR) is 59.8 cm³/mol. The zero-order valence-corrected chi connectivity index (χ0v) is 8.87. The lowest BCUT2D eigenvalue weighted by atomic mass is 9.74. The summed E-state index contributed by atoms with van der Waals surface area (Å²) in [5.41, 5.74) is 2.83. The van der Waals surface area contributed by atoms with Gasteiger partial charge in [0, 0.05) is 5.41 Å². The Bertz CT molecular complexity index is 369. The lowest BCUT2D eigenvalue weighted by molar-refractivity contribution is 0.142. The van der Waals surface area contributed by atoms with Crippen LogP contribution in [0.15, 0.2) is 24.3 Å². The minimum absolute atomic E-state index is 0.237. The van der Waals surface area contributed by atoms with Crippen LogP contribution in [0, 0.1) is 0 Å². The maximum atomic E-state index is 10.1. The van der Waals surface area contributed by atoms with Gasteiger partial charge in [-0.2, -0.15) is 0 Å². The number of aliphatic hydroxyl groups excluding tert-OH is 1. The summed E-state index contributed by atoms with van der Waals surface area (Å²) in [4.78, 5) is 0. The van der Waals surface area contributed by atoms with E-state index >= 15 is 0 Å². The van der Waals surface area contributed by atoms with Gasteiger partial charge < -0.3 is 10.4 Å². The number of fused-ring (bicyclic) bond motifs is 2. The summed E-state index contributed by atoms with van der Waals surface area (Å²) in [6, 6.07) is 8.41. The maximum absolute atomic E-state index is 10.1. The molecule has 1 atom stereocenters. The van der Waals surface area contributed by atoms with Crippen LogP contribution in [0.3, 0.4) is 0 Å². The third-order valence-corrected chi connectivity index (χ3v) is 4.04. The molecule has 2 nitrogen and oxygen atoms in total. The van der Waals surface area contributed by atoms with E-state index in [0.29, 0.717) is 0 Å². The number of rotatable bonds is 0. The fourth-order valence-corrected chi connectivity index (χ4v) is 3.24. The van der Waals surface area contributed by atoms with Crippen LogP contribution in [0.4, 0.5) is 0 Å². The van der Waals surface area contributed by atoms with E-state index in [1.807, 2.05) is 6.07 Å². The number of nitrogens with one attached hydrogen (secondary N) is 1. The Kier molecular flexibility index (Phi) is 2.08. The summed E-state index contributed by atoms with van der Waals surface area (Å²) in [6.45, 7) is 2.17. The molecule has 2 N–H and O–H groups in total. The Morgan fingerprint density at radius 2 is 1.93 bits per heavy atom. The number of hydrogen-bond donors (Lipinski definition) is 2. The number of piperidine rings is 1. The van der Waals surface area contributed by atoms with Gasteiger partial charge in [-0.3, -0.25) is 0 Å². The quantitative estimate of drug-likeness (QED) is 0.673. The second-order valence-corrected chi connectivity index (χ2v) is 4.84. The molecule has 1 heterocycles. The molecule has 15 heavy (non-hydrogen) atoms. The van der Waals surface area contributed by atoms with Crippen LogP contribution in [0.25, 0.3) is 0 Å². The smallest absolute Gasteiger partial charge is 0.0801 e. The van der Waals surface area contributed by atoms with Gasteiger partial charge in [0.25, 0.3) is 0 Å². The first-order valence-corrected chi connectivity index (χ1v) is 5.80. The van der Waals surface area contributed by atoms with Crippen molar-refractivity contribution in [3.8, 4) is 0 Å². The van der Waals surface area contributed by atoms with Gasteiger partial charge in [0.2, 0.25) is 0 Å². The molecule has 0 unspecified atom stereocenters. The molecule has 1 saturated heterocycles. The maximum Gasteiger partial charge on any atom is 0.0801 e. The molecule has 2 aliphatic rings. The van der Waals surface area contributed by atoms with Crippen molar-refractivity contribution in [3.05, 3.63) is 35.4 Å². The molecule has 1 spiro atoms. The Morgan fingerprint density at radius 1 is 1.20 bits per heavy atom. The summed E-state index contributed by atoms with van der Waals surface area (Å²) in [6.07, 6.45) is 3.02. The molecule has 80 valence electrons. The average molecular weight is 203 g/mol. The minimum atomic E-state index is -0.237. The van der Waals surface area contributed by atoms with Gasteiger partial charge in [-0.15, -0.1) is 0 Å². The van der Waals surface area contributed by atoms with E-state index in [-0.39, 0.29) is 11.5 Å². The standard InChI is InChI=1S/C13H17NO/c15-12-9-13(5-7-14-8-6-13)11-4-2-1-3-10(11)12/h1-4,12,14-15H,5-9H2/t12-/m0/s1. The van der Waals surface area contributed by atoms with Crippen molar-refractivity contribution in [2.75, 3.05) is 13.1 Å². The van der Waals surface area contributed by atoms with E-state index in [0.717, 1.165) is 19.5 Å². The second kappa shape index (κ2) is 3.32. The van der Waals surface area contributed by atoms with Gasteiger partial charge in [0.1, 0.15) is 0 Å². The van der Waals surface area contributed by atoms with Crippen molar-refractivity contribution < 1.29 is 5.11 Å². The summed E-state index contributed by atoms with van der Waals surface area (Å²) in [5, 5.41) is 13.5. The number of benzene rings is 1. The Morgan fingerprint density at radius 3 is 2.73 bits per heavy atom. The molecule has 0 aromatic heterocycles. The van der Waals surface area contributed by atoms with E-state index in [4.69, 9.17) is 0 Å². The van der Waals surface area contributed by atoms with Crippen molar-refractivity contribution in [2.45, 2.75) is 30.8 Å². The first-order valence-electron chi connectivity index (χ1n) is 5.80. The van der Waals surface area contributed by atoms with Crippen LogP contribution in [0.5, 0.6) is 0 Å². The van der Waals surface area contributed by atoms with Gasteiger partial charge in [0.05, 0.1) is 6.10 Å². The van der Waals surface area contributed by atoms with Crippen molar-refractivity contribution >= 4 is 0 Å². The highest BCUT2D eigenvalue weighted by Crippen LogP contribution is 2.49. The summed E-state index contributed by atoms with van der Waals surface area (Å²) < 4.78 is 0. The van der Waals surface area contributed by atoms with Crippen LogP contribution in [-0.2, 0) is 5.41 Å². The van der Waals surface area contributed by atoms with Crippen molar-refractivity contribution in [2.24, 2.45) is 0 Å². The van der Waals surface area contributed by atoms with Gasteiger partial charge in [-0.25, -0.2) is 0 Å². The van der Waals surface area contributed by atoms with E-state index in [9.17, 15) is 5.11 Å². The molecule has 0 bridgehead atoms. The highest BCUT2D eigenvalue weighted by molar-refractivity contribution is 5.41. The highest BCUT2D eigenvalue weighted by atomic mass is 16.3. The van der Waals surface area contributed by atoms with E-state index < -0.39 is 0 Å². The monoisotopic (exact) mass is 203 g/mol. The van der Waals surface area contributed by atoms with Gasteiger partial charge in [0.15, 0.2) is 0 Å². The molecule has 1 fully saturated rings.